The highest BCUT2D eigenvalue weighted by molar-refractivity contribution is 7.90. The van der Waals surface area contributed by atoms with E-state index < -0.39 is 9.84 Å². The van der Waals surface area contributed by atoms with Gasteiger partial charge in [-0.1, -0.05) is 65.8 Å². The molecule has 0 radical (unpaired) electrons. The number of oxime groups is 1. The summed E-state index contributed by atoms with van der Waals surface area (Å²) in [5.74, 6) is -0.0710. The highest BCUT2D eigenvalue weighted by Crippen LogP contribution is 2.34. The number of benzene rings is 3. The van der Waals surface area contributed by atoms with Gasteiger partial charge in [0.05, 0.1) is 10.6 Å². The van der Waals surface area contributed by atoms with Gasteiger partial charge in [0.25, 0.3) is 0 Å². The third kappa shape index (κ3) is 5.24. The minimum Gasteiger partial charge on any atom is -0.411 e. The van der Waals surface area contributed by atoms with Gasteiger partial charge in [-0.3, -0.25) is 4.98 Å². The molecule has 1 N–H and O–H groups in total. The van der Waals surface area contributed by atoms with Crippen molar-refractivity contribution >= 4 is 15.5 Å². The van der Waals surface area contributed by atoms with E-state index in [1.165, 1.54) is 6.26 Å². The van der Waals surface area contributed by atoms with Crippen LogP contribution >= 0.6 is 0 Å². The number of rotatable bonds is 7. The smallest absolute Gasteiger partial charge is 0.175 e. The first kappa shape index (κ1) is 23.4. The molecule has 172 valence electrons. The molecular weight excluding hydrogens is 444 g/mol. The van der Waals surface area contributed by atoms with Crippen LogP contribution in [0.4, 0.5) is 0 Å². The molecule has 1 atom stereocenters. The van der Waals surface area contributed by atoms with E-state index in [1.807, 2.05) is 42.5 Å². The van der Waals surface area contributed by atoms with E-state index >= 15 is 0 Å². The van der Waals surface area contributed by atoms with Crippen molar-refractivity contribution in [3.05, 3.63) is 120 Å². The van der Waals surface area contributed by atoms with Gasteiger partial charge in [0.15, 0.2) is 9.84 Å². The monoisotopic (exact) mass is 470 g/mol. The van der Waals surface area contributed by atoms with Crippen molar-refractivity contribution in [2.24, 2.45) is 5.16 Å². The fourth-order valence-electron chi connectivity index (χ4n) is 4.18. The summed E-state index contributed by atoms with van der Waals surface area (Å²) in [6.45, 7) is 2.07. The number of hydrogen-bond acceptors (Lipinski definition) is 5. The Kier molecular flexibility index (Phi) is 6.89. The van der Waals surface area contributed by atoms with Gasteiger partial charge in [-0.15, -0.1) is 0 Å². The van der Waals surface area contributed by atoms with Gasteiger partial charge in [0.2, 0.25) is 0 Å². The summed E-state index contributed by atoms with van der Waals surface area (Å²) in [6.07, 6.45) is 5.06. The topological polar surface area (TPSA) is 79.6 Å². The zero-order valence-electron chi connectivity index (χ0n) is 19.1. The summed E-state index contributed by atoms with van der Waals surface area (Å²) >= 11 is 0. The van der Waals surface area contributed by atoms with Crippen LogP contribution in [0.15, 0.2) is 107 Å². The molecule has 0 saturated carbocycles. The molecule has 0 fully saturated rings. The second-order valence-electron chi connectivity index (χ2n) is 8.32. The second-order valence-corrected chi connectivity index (χ2v) is 10.3. The highest BCUT2D eigenvalue weighted by Gasteiger charge is 2.21. The fraction of sp³-hybridized carbons (Fsp3) is 0.143. The maximum atomic E-state index is 12.1. The molecule has 1 heterocycles. The van der Waals surface area contributed by atoms with Crippen LogP contribution < -0.4 is 0 Å². The van der Waals surface area contributed by atoms with E-state index in [0.717, 1.165) is 33.4 Å². The average molecular weight is 471 g/mol. The lowest BCUT2D eigenvalue weighted by molar-refractivity contribution is 0.317. The van der Waals surface area contributed by atoms with Crippen molar-refractivity contribution in [2.45, 2.75) is 24.2 Å². The molecule has 4 aromatic rings. The zero-order valence-corrected chi connectivity index (χ0v) is 19.9. The Bertz CT molecular complexity index is 1430. The van der Waals surface area contributed by atoms with E-state index in [1.54, 1.807) is 30.6 Å². The molecule has 34 heavy (non-hydrogen) atoms. The molecule has 3 aromatic carbocycles. The van der Waals surface area contributed by atoms with Crippen LogP contribution in [-0.4, -0.2) is 30.6 Å². The van der Waals surface area contributed by atoms with Crippen molar-refractivity contribution in [1.82, 2.24) is 4.98 Å². The molecule has 0 saturated heterocycles. The van der Waals surface area contributed by atoms with E-state index in [2.05, 4.69) is 41.3 Å². The van der Waals surface area contributed by atoms with Gasteiger partial charge >= 0.3 is 0 Å². The average Bonchev–Trinajstić information content (AvgIpc) is 2.86. The Morgan fingerprint density at radius 2 is 1.59 bits per heavy atom. The predicted molar refractivity (Wildman–Crippen MR) is 135 cm³/mol. The number of sulfone groups is 1. The Morgan fingerprint density at radius 3 is 2.26 bits per heavy atom. The zero-order chi connectivity index (χ0) is 24.1. The van der Waals surface area contributed by atoms with Gasteiger partial charge < -0.3 is 5.21 Å². The maximum Gasteiger partial charge on any atom is 0.175 e. The summed E-state index contributed by atoms with van der Waals surface area (Å²) in [6, 6.07) is 26.9. The molecule has 6 heteroatoms. The fourth-order valence-corrected chi connectivity index (χ4v) is 4.85. The first-order chi connectivity index (χ1) is 16.4. The van der Waals surface area contributed by atoms with Crippen molar-refractivity contribution in [3.8, 4) is 11.1 Å². The minimum atomic E-state index is -3.31. The number of aromatic nitrogens is 1. The van der Waals surface area contributed by atoms with Crippen LogP contribution in [0.2, 0.25) is 0 Å². The van der Waals surface area contributed by atoms with Crippen molar-refractivity contribution in [3.63, 3.8) is 0 Å². The molecule has 0 aliphatic rings. The highest BCUT2D eigenvalue weighted by atomic mass is 32.2. The van der Waals surface area contributed by atoms with E-state index in [-0.39, 0.29) is 5.92 Å². The first-order valence-electron chi connectivity index (χ1n) is 10.9. The SMILES string of the molecule is Cc1ccccc1C(C/C(=N\O)c1ccncc1)c1cccc(-c2cccc(S(C)(=O)=O)c2)c1. The quantitative estimate of drug-likeness (QED) is 0.208. The van der Waals surface area contributed by atoms with Crippen molar-refractivity contribution in [1.29, 1.82) is 0 Å². The summed E-state index contributed by atoms with van der Waals surface area (Å²) in [4.78, 5) is 4.35. The first-order valence-corrected chi connectivity index (χ1v) is 12.8. The van der Waals surface area contributed by atoms with E-state index in [4.69, 9.17) is 0 Å². The molecule has 1 unspecified atom stereocenters. The number of nitrogens with zero attached hydrogens (tertiary/aromatic N) is 2. The molecule has 0 aliphatic heterocycles. The molecular formula is C28H26N2O3S. The van der Waals surface area contributed by atoms with E-state index in [9.17, 15) is 13.6 Å². The standard InChI is InChI=1S/C28H26N2O3S/c1-20-7-3-4-12-26(20)27(19-28(30-31)21-13-15-29-16-14-21)24-10-5-8-22(17-24)23-9-6-11-25(18-23)34(2,32)33/h3-18,27,31H,19H2,1-2H3/b30-28+. The minimum absolute atomic E-state index is 0.0710. The Balaban J connectivity index is 1.80. The lowest BCUT2D eigenvalue weighted by Crippen LogP contribution is -2.12. The van der Waals surface area contributed by atoms with Crippen LogP contribution in [0, 0.1) is 6.92 Å². The van der Waals surface area contributed by atoms with Crippen molar-refractivity contribution in [2.75, 3.05) is 6.26 Å². The summed E-state index contributed by atoms with van der Waals surface area (Å²) in [5, 5.41) is 13.5. The van der Waals surface area contributed by atoms with Crippen molar-refractivity contribution < 1.29 is 13.6 Å². The van der Waals surface area contributed by atoms with Gasteiger partial charge in [-0.25, -0.2) is 8.42 Å². The molecule has 4 rings (SSSR count). The lowest BCUT2D eigenvalue weighted by Gasteiger charge is -2.21. The van der Waals surface area contributed by atoms with Gasteiger partial charge in [0.1, 0.15) is 0 Å². The largest absolute Gasteiger partial charge is 0.411 e. The number of pyridine rings is 1. The predicted octanol–water partition coefficient (Wildman–Crippen LogP) is 5.86. The second kappa shape index (κ2) is 10.0. The Morgan fingerprint density at radius 1 is 0.912 bits per heavy atom. The van der Waals surface area contributed by atoms with Gasteiger partial charge in [-0.2, -0.15) is 0 Å². The van der Waals surface area contributed by atoms with Gasteiger partial charge in [-0.05, 0) is 59.0 Å². The summed E-state index contributed by atoms with van der Waals surface area (Å²) in [7, 11) is -3.31. The van der Waals surface area contributed by atoms with Crippen LogP contribution in [0.1, 0.15) is 34.6 Å². The number of aryl methyl sites for hydroxylation is 1. The van der Waals surface area contributed by atoms with Crippen LogP contribution in [-0.2, 0) is 9.84 Å². The maximum absolute atomic E-state index is 12.1. The third-order valence-corrected chi connectivity index (χ3v) is 7.09. The van der Waals surface area contributed by atoms with Crippen LogP contribution in [0.3, 0.4) is 0 Å². The lowest BCUT2D eigenvalue weighted by atomic mass is 9.82. The number of hydrogen-bond donors (Lipinski definition) is 1. The van der Waals surface area contributed by atoms with Crippen LogP contribution in [0.5, 0.6) is 0 Å². The van der Waals surface area contributed by atoms with Crippen LogP contribution in [0.25, 0.3) is 11.1 Å². The Labute approximate surface area is 200 Å². The molecule has 0 amide bonds. The molecule has 0 bridgehead atoms. The molecule has 5 nitrogen and oxygen atoms in total. The summed E-state index contributed by atoms with van der Waals surface area (Å²) in [5.41, 5.74) is 6.47. The molecule has 1 aromatic heterocycles. The summed E-state index contributed by atoms with van der Waals surface area (Å²) < 4.78 is 24.1. The molecule has 0 spiro atoms. The third-order valence-electron chi connectivity index (χ3n) is 5.98. The van der Waals surface area contributed by atoms with Gasteiger partial charge in [0, 0.05) is 36.6 Å². The Hall–Kier alpha value is -3.77. The normalized spacial score (nSPS) is 12.9. The van der Waals surface area contributed by atoms with E-state index in [0.29, 0.717) is 17.0 Å². The molecule has 0 aliphatic carbocycles.